The lowest BCUT2D eigenvalue weighted by Crippen LogP contribution is -1.93. The first-order valence-electron chi connectivity index (χ1n) is 23.9. The van der Waals surface area contributed by atoms with Crippen molar-refractivity contribution >= 4 is 43.6 Å². The van der Waals surface area contributed by atoms with E-state index in [0.717, 1.165) is 4.57 Å². The highest BCUT2D eigenvalue weighted by Gasteiger charge is 2.16. The molecule has 9 rings (SSSR count). The van der Waals surface area contributed by atoms with Gasteiger partial charge in [-0.05, 0) is 82.7 Å². The Balaban J connectivity index is 1.39. The lowest BCUT2D eigenvalue weighted by molar-refractivity contribution is 1.18. The molecule has 0 aliphatic rings. The van der Waals surface area contributed by atoms with Gasteiger partial charge in [-0.2, -0.15) is 0 Å². The fourth-order valence-corrected chi connectivity index (χ4v) is 5.52. The maximum Gasteiger partial charge on any atom is 0.0645 e. The topological polar surface area (TPSA) is 9.86 Å². The average molecular weight is 582 g/mol. The van der Waals surface area contributed by atoms with Gasteiger partial charge in [0.2, 0.25) is 0 Å². The molecule has 0 N–H and O–H groups in total. The second-order valence-electron chi connectivity index (χ2n) is 9.81. The molecule has 0 aliphatic carbocycles. The Morgan fingerprint density at radius 2 is 0.977 bits per heavy atom. The number of para-hydroxylation sites is 3. The van der Waals surface area contributed by atoms with Crippen LogP contribution < -0.4 is 0 Å². The lowest BCUT2D eigenvalue weighted by Gasteiger charge is -2.10. The Labute approximate surface area is 285 Å². The highest BCUT2D eigenvalue weighted by Crippen LogP contribution is 2.38. The molecule has 44 heavy (non-hydrogen) atoms. The Morgan fingerprint density at radius 1 is 0.364 bits per heavy atom. The van der Waals surface area contributed by atoms with Crippen LogP contribution >= 0.6 is 0 Å². The van der Waals surface area contributed by atoms with Gasteiger partial charge in [-0.15, -0.1) is 0 Å². The third kappa shape index (κ3) is 3.82. The van der Waals surface area contributed by atoms with E-state index < -0.39 is 155 Å². The minimum Gasteiger partial charge on any atom is -0.309 e. The van der Waals surface area contributed by atoms with Crippen molar-refractivity contribution in [1.82, 2.24) is 9.13 Å². The van der Waals surface area contributed by atoms with Gasteiger partial charge in [0.05, 0.1) is 50.9 Å². The van der Waals surface area contributed by atoms with Crippen LogP contribution in [-0.4, -0.2) is 9.13 Å². The Bertz CT molecular complexity index is 3590. The second kappa shape index (κ2) is 9.86. The van der Waals surface area contributed by atoms with E-state index in [9.17, 15) is 6.85 Å². The van der Waals surface area contributed by atoms with E-state index in [1.165, 1.54) is 10.6 Å². The van der Waals surface area contributed by atoms with Crippen molar-refractivity contribution in [3.8, 4) is 33.6 Å². The number of nitrogens with zero attached hydrogens (tertiary/aromatic N) is 2. The highest BCUT2D eigenvalue weighted by atomic mass is 15.0. The number of hydrogen-bond acceptors (Lipinski definition) is 0. The maximum atomic E-state index is 9.70. The number of benzene rings is 7. The average Bonchev–Trinajstić information content (AvgIpc) is 3.81. The molecule has 9 aromatic rings. The summed E-state index contributed by atoms with van der Waals surface area (Å²) in [4.78, 5) is 0. The molecule has 2 heteroatoms. The Hall–Kier alpha value is -5.86. The lowest BCUT2D eigenvalue weighted by atomic mass is 10.0. The van der Waals surface area contributed by atoms with Crippen molar-refractivity contribution in [1.29, 1.82) is 0 Å². The molecule has 0 fully saturated rings. The van der Waals surface area contributed by atoms with Gasteiger partial charge in [0.25, 0.3) is 0 Å². The molecule has 2 nitrogen and oxygen atoms in total. The maximum absolute atomic E-state index is 9.70. The van der Waals surface area contributed by atoms with Gasteiger partial charge in [-0.1, -0.05) is 109 Å². The Kier molecular flexibility index (Phi) is 2.62. The molecule has 2 heterocycles. The molecule has 0 saturated carbocycles. The normalized spacial score (nSPS) is 18.3. The van der Waals surface area contributed by atoms with Crippen molar-refractivity contribution in [2.24, 2.45) is 0 Å². The Morgan fingerprint density at radius 3 is 1.82 bits per heavy atom. The van der Waals surface area contributed by atoms with Crippen molar-refractivity contribution < 1.29 is 28.8 Å². The van der Waals surface area contributed by atoms with Gasteiger partial charge in [-0.3, -0.25) is 0 Å². The fraction of sp³-hybridized carbons (Fsp3) is 0. The summed E-state index contributed by atoms with van der Waals surface area (Å²) in [5, 5.41) is 0.387. The third-order valence-corrected chi connectivity index (χ3v) is 7.41. The second-order valence-corrected chi connectivity index (χ2v) is 9.81. The standard InChI is InChI=1S/C42H28N2/c1-3-11-29(12-4-1)30-19-23-34(24-20-30)44-40-18-10-8-16-36(40)38-28-32(22-26-42(38)44)31-21-25-41-37(27-31)35-15-7-9-17-39(35)43(41)33-13-5-2-6-14-33/h1-28H/i1D,2D,3D,4D,5D,6D,8D,10D,11D,12D,13D,14D,16D,18D,19D,20D,22D,23D,24D,26D,28D. The summed E-state index contributed by atoms with van der Waals surface area (Å²) in [6.07, 6.45) is 0. The summed E-state index contributed by atoms with van der Waals surface area (Å²) in [7, 11) is 0. The minimum atomic E-state index is -0.887. The molecule has 0 saturated heterocycles. The zero-order valence-corrected chi connectivity index (χ0v) is 22.4. The minimum absolute atomic E-state index is 0.121. The molecular formula is C42H28N2. The van der Waals surface area contributed by atoms with Crippen LogP contribution in [0.1, 0.15) is 28.8 Å². The van der Waals surface area contributed by atoms with Crippen LogP contribution in [-0.2, 0) is 0 Å². The zero-order chi connectivity index (χ0) is 47.3. The zero-order valence-electron chi connectivity index (χ0n) is 43.4. The van der Waals surface area contributed by atoms with E-state index in [2.05, 4.69) is 0 Å². The van der Waals surface area contributed by atoms with Crippen LogP contribution in [0.2, 0.25) is 0 Å². The van der Waals surface area contributed by atoms with Crippen LogP contribution in [0.15, 0.2) is 169 Å². The largest absolute Gasteiger partial charge is 0.309 e. The van der Waals surface area contributed by atoms with Gasteiger partial charge in [0.15, 0.2) is 0 Å². The number of aromatic nitrogens is 2. The summed E-state index contributed by atoms with van der Waals surface area (Å²) in [6, 6.07) is -3.25. The number of hydrogen-bond donors (Lipinski definition) is 0. The molecule has 0 amide bonds. The van der Waals surface area contributed by atoms with Crippen molar-refractivity contribution in [3.05, 3.63) is 169 Å². The molecule has 0 radical (unpaired) electrons. The molecule has 7 aromatic carbocycles. The van der Waals surface area contributed by atoms with E-state index in [4.69, 9.17) is 21.9 Å². The van der Waals surface area contributed by atoms with E-state index >= 15 is 0 Å². The SMILES string of the molecule is [2H]c1c([2H])c([2H])c(-c2c([2H])c([2H])c(-n3c4c([2H])c([2H])c([2H])c([2H])c4c4c([2H])c(-c5ccc6c(c5)c5ccccc5n6-c5c([2H])c([2H])c([2H])c([2H])c5[2H])c([2H])c([2H])c43)c([2H])c2[2H])c([2H])c1[2H]. The predicted molar refractivity (Wildman–Crippen MR) is 186 cm³/mol. The van der Waals surface area contributed by atoms with E-state index in [0.29, 0.717) is 21.8 Å². The third-order valence-electron chi connectivity index (χ3n) is 7.41. The van der Waals surface area contributed by atoms with Crippen molar-refractivity contribution in [2.45, 2.75) is 0 Å². The molecule has 2 aromatic heterocycles. The van der Waals surface area contributed by atoms with Gasteiger partial charge < -0.3 is 9.13 Å². The molecular weight excluding hydrogens is 532 g/mol. The highest BCUT2D eigenvalue weighted by molar-refractivity contribution is 6.12. The van der Waals surface area contributed by atoms with Gasteiger partial charge in [0, 0.05) is 32.9 Å². The van der Waals surface area contributed by atoms with Crippen LogP contribution in [0, 0.1) is 0 Å². The monoisotopic (exact) mass is 581 g/mol. The van der Waals surface area contributed by atoms with Crippen molar-refractivity contribution in [2.75, 3.05) is 0 Å². The molecule has 0 bridgehead atoms. The van der Waals surface area contributed by atoms with Crippen LogP contribution in [0.5, 0.6) is 0 Å². The quantitative estimate of drug-likeness (QED) is 0.196. The summed E-state index contributed by atoms with van der Waals surface area (Å²) < 4.78 is 186. The first kappa shape index (κ1) is 11.7. The molecule has 0 spiro atoms. The van der Waals surface area contributed by atoms with Crippen LogP contribution in [0.4, 0.5) is 0 Å². The van der Waals surface area contributed by atoms with Gasteiger partial charge >= 0.3 is 0 Å². The number of fused-ring (bicyclic) bond motifs is 6. The molecule has 0 aliphatic heterocycles. The smallest absolute Gasteiger partial charge is 0.0645 e. The molecule has 206 valence electrons. The van der Waals surface area contributed by atoms with Crippen LogP contribution in [0.25, 0.3) is 77.2 Å². The van der Waals surface area contributed by atoms with Gasteiger partial charge in [-0.25, -0.2) is 0 Å². The summed E-state index contributed by atoms with van der Waals surface area (Å²) in [6.45, 7) is 0. The van der Waals surface area contributed by atoms with Crippen LogP contribution in [0.3, 0.4) is 0 Å². The molecule has 0 atom stereocenters. The van der Waals surface area contributed by atoms with E-state index in [-0.39, 0.29) is 27.6 Å². The first-order valence-corrected chi connectivity index (χ1v) is 13.4. The number of rotatable bonds is 4. The summed E-state index contributed by atoms with van der Waals surface area (Å²) in [5.41, 5.74) is -2.07. The fourth-order valence-electron chi connectivity index (χ4n) is 5.52. The first-order chi connectivity index (χ1) is 30.6. The predicted octanol–water partition coefficient (Wildman–Crippen LogP) is 11.2. The van der Waals surface area contributed by atoms with E-state index in [1.54, 1.807) is 36.4 Å². The molecule has 0 unspecified atom stereocenters. The summed E-state index contributed by atoms with van der Waals surface area (Å²) >= 11 is 0. The van der Waals surface area contributed by atoms with E-state index in [1.807, 2.05) is 0 Å². The van der Waals surface area contributed by atoms with Gasteiger partial charge in [0.1, 0.15) is 0 Å². The summed E-state index contributed by atoms with van der Waals surface area (Å²) in [5.74, 6) is 0. The van der Waals surface area contributed by atoms with Crippen molar-refractivity contribution in [3.63, 3.8) is 0 Å².